The zero-order valence-corrected chi connectivity index (χ0v) is 13.5. The average molecular weight is 312 g/mol. The van der Waals surface area contributed by atoms with E-state index in [-0.39, 0.29) is 31.7 Å². The Morgan fingerprint density at radius 3 is 1.82 bits per heavy atom. The van der Waals surface area contributed by atoms with E-state index in [1.54, 1.807) is 13.8 Å². The van der Waals surface area contributed by atoms with Crippen LogP contribution in [0.3, 0.4) is 0 Å². The summed E-state index contributed by atoms with van der Waals surface area (Å²) in [7, 11) is 0. The van der Waals surface area contributed by atoms with Crippen molar-refractivity contribution in [2.45, 2.75) is 33.6 Å². The fourth-order valence-electron chi connectivity index (χ4n) is 1.34. The van der Waals surface area contributed by atoms with Gasteiger partial charge < -0.3 is 14.2 Å². The van der Waals surface area contributed by atoms with Gasteiger partial charge in [-0.1, -0.05) is 20.1 Å². The van der Waals surface area contributed by atoms with Gasteiger partial charge >= 0.3 is 17.9 Å². The van der Waals surface area contributed by atoms with Crippen LogP contribution in [0, 0.1) is 5.92 Å². The molecular formula is C16H24O6. The van der Waals surface area contributed by atoms with Crippen LogP contribution in [0.5, 0.6) is 0 Å². The lowest BCUT2D eigenvalue weighted by atomic mass is 10.1. The molecule has 0 fully saturated rings. The topological polar surface area (TPSA) is 78.9 Å². The van der Waals surface area contributed by atoms with Crippen LogP contribution in [0.25, 0.3) is 0 Å². The van der Waals surface area contributed by atoms with Crippen molar-refractivity contribution >= 4 is 17.9 Å². The minimum absolute atomic E-state index is 0.000375. The number of carbonyl (C=O) groups is 3. The standard InChI is InChI=1S/C16H24O6/c1-11(2)14(17)20-8-6-7-13(5)16(19)22-10-9-21-15(18)12(3)4/h13H,1,3,6-10H2,2,4-5H3. The van der Waals surface area contributed by atoms with Gasteiger partial charge in [-0.05, 0) is 26.7 Å². The molecule has 0 amide bonds. The second-order valence-corrected chi connectivity index (χ2v) is 5.04. The van der Waals surface area contributed by atoms with E-state index in [9.17, 15) is 14.4 Å². The third kappa shape index (κ3) is 8.94. The maximum absolute atomic E-state index is 11.7. The minimum atomic E-state index is -0.511. The molecule has 0 saturated carbocycles. The normalized spacial score (nSPS) is 11.2. The quantitative estimate of drug-likeness (QED) is 0.266. The van der Waals surface area contributed by atoms with E-state index in [2.05, 4.69) is 13.2 Å². The first kappa shape index (κ1) is 19.9. The molecule has 0 aromatic carbocycles. The lowest BCUT2D eigenvalue weighted by molar-refractivity contribution is -0.153. The van der Waals surface area contributed by atoms with E-state index in [0.29, 0.717) is 24.0 Å². The van der Waals surface area contributed by atoms with Crippen molar-refractivity contribution < 1.29 is 28.6 Å². The summed E-state index contributed by atoms with van der Waals surface area (Å²) < 4.78 is 14.7. The highest BCUT2D eigenvalue weighted by atomic mass is 16.6. The van der Waals surface area contributed by atoms with Crippen LogP contribution < -0.4 is 0 Å². The molecule has 22 heavy (non-hydrogen) atoms. The monoisotopic (exact) mass is 312 g/mol. The summed E-state index contributed by atoms with van der Waals surface area (Å²) in [5, 5.41) is 0. The first-order valence-corrected chi connectivity index (χ1v) is 7.07. The number of hydrogen-bond donors (Lipinski definition) is 0. The second-order valence-electron chi connectivity index (χ2n) is 5.04. The summed E-state index contributed by atoms with van der Waals surface area (Å²) in [5.41, 5.74) is 0.640. The molecule has 1 unspecified atom stereocenters. The van der Waals surface area contributed by atoms with Crippen LogP contribution in [0.4, 0.5) is 0 Å². The Bertz CT molecular complexity index is 438. The molecule has 0 radical (unpaired) electrons. The van der Waals surface area contributed by atoms with Crippen LogP contribution in [-0.2, 0) is 28.6 Å². The molecule has 0 aliphatic rings. The Morgan fingerprint density at radius 2 is 1.32 bits per heavy atom. The van der Waals surface area contributed by atoms with Gasteiger partial charge in [0.05, 0.1) is 12.5 Å². The fourth-order valence-corrected chi connectivity index (χ4v) is 1.34. The van der Waals surface area contributed by atoms with E-state index in [0.717, 1.165) is 0 Å². The van der Waals surface area contributed by atoms with Gasteiger partial charge in [0, 0.05) is 11.1 Å². The zero-order chi connectivity index (χ0) is 17.1. The first-order chi connectivity index (χ1) is 10.3. The molecule has 6 heteroatoms. The van der Waals surface area contributed by atoms with Crippen molar-refractivity contribution in [3.05, 3.63) is 24.3 Å². The Labute approximate surface area is 131 Å². The van der Waals surface area contributed by atoms with Gasteiger partial charge in [0.2, 0.25) is 0 Å². The number of esters is 3. The molecule has 0 N–H and O–H groups in total. The van der Waals surface area contributed by atoms with E-state index < -0.39 is 11.9 Å². The molecule has 0 heterocycles. The molecule has 6 nitrogen and oxygen atoms in total. The van der Waals surface area contributed by atoms with Crippen LogP contribution in [0.2, 0.25) is 0 Å². The molecule has 0 aliphatic heterocycles. The summed E-state index contributed by atoms with van der Waals surface area (Å²) in [6.45, 7) is 12.0. The smallest absolute Gasteiger partial charge is 0.333 e. The average Bonchev–Trinajstić information content (AvgIpc) is 2.46. The van der Waals surface area contributed by atoms with Crippen molar-refractivity contribution in [2.75, 3.05) is 19.8 Å². The van der Waals surface area contributed by atoms with Crippen LogP contribution in [0.15, 0.2) is 24.3 Å². The number of carbonyl (C=O) groups excluding carboxylic acids is 3. The van der Waals surface area contributed by atoms with Gasteiger partial charge in [-0.2, -0.15) is 0 Å². The highest BCUT2D eigenvalue weighted by Crippen LogP contribution is 2.08. The maximum Gasteiger partial charge on any atom is 0.333 e. The van der Waals surface area contributed by atoms with Gasteiger partial charge in [0.15, 0.2) is 0 Å². The molecule has 0 aliphatic carbocycles. The Balaban J connectivity index is 3.75. The van der Waals surface area contributed by atoms with Crippen molar-refractivity contribution in [3.8, 4) is 0 Å². The van der Waals surface area contributed by atoms with E-state index in [1.807, 2.05) is 0 Å². The fraction of sp³-hybridized carbons (Fsp3) is 0.562. The van der Waals surface area contributed by atoms with Crippen LogP contribution in [-0.4, -0.2) is 37.7 Å². The minimum Gasteiger partial charge on any atom is -0.462 e. The number of rotatable bonds is 10. The summed E-state index contributed by atoms with van der Waals surface area (Å²) in [4.78, 5) is 33.9. The van der Waals surface area contributed by atoms with Crippen molar-refractivity contribution in [1.29, 1.82) is 0 Å². The van der Waals surface area contributed by atoms with Crippen molar-refractivity contribution in [2.24, 2.45) is 5.92 Å². The second kappa shape index (κ2) is 10.6. The van der Waals surface area contributed by atoms with Crippen LogP contribution >= 0.6 is 0 Å². The van der Waals surface area contributed by atoms with E-state index in [4.69, 9.17) is 14.2 Å². The lowest BCUT2D eigenvalue weighted by Crippen LogP contribution is -2.19. The van der Waals surface area contributed by atoms with Gasteiger partial charge in [0.25, 0.3) is 0 Å². The van der Waals surface area contributed by atoms with Gasteiger partial charge in [-0.15, -0.1) is 0 Å². The number of hydrogen-bond acceptors (Lipinski definition) is 6. The largest absolute Gasteiger partial charge is 0.462 e. The number of ether oxygens (including phenoxy) is 3. The third-order valence-electron chi connectivity index (χ3n) is 2.67. The molecule has 0 rings (SSSR count). The van der Waals surface area contributed by atoms with Gasteiger partial charge in [0.1, 0.15) is 13.2 Å². The summed E-state index contributed by atoms with van der Waals surface area (Å²) in [6.07, 6.45) is 1.09. The molecule has 0 aromatic heterocycles. The van der Waals surface area contributed by atoms with Crippen molar-refractivity contribution in [1.82, 2.24) is 0 Å². The molecule has 0 saturated heterocycles. The van der Waals surface area contributed by atoms with E-state index in [1.165, 1.54) is 6.92 Å². The molecule has 0 aromatic rings. The first-order valence-electron chi connectivity index (χ1n) is 7.07. The van der Waals surface area contributed by atoms with E-state index >= 15 is 0 Å². The highest BCUT2D eigenvalue weighted by Gasteiger charge is 2.15. The van der Waals surface area contributed by atoms with Gasteiger partial charge in [-0.3, -0.25) is 4.79 Å². The predicted molar refractivity (Wildman–Crippen MR) is 80.9 cm³/mol. The zero-order valence-electron chi connectivity index (χ0n) is 13.5. The summed E-state index contributed by atoms with van der Waals surface area (Å²) in [5.74, 6) is -1.64. The molecule has 1 atom stereocenters. The summed E-state index contributed by atoms with van der Waals surface area (Å²) >= 11 is 0. The molecule has 0 spiro atoms. The molecule has 0 bridgehead atoms. The highest BCUT2D eigenvalue weighted by molar-refractivity contribution is 5.87. The molecular weight excluding hydrogens is 288 g/mol. The van der Waals surface area contributed by atoms with Crippen LogP contribution in [0.1, 0.15) is 33.6 Å². The Hall–Kier alpha value is -2.11. The predicted octanol–water partition coefficient (Wildman–Crippen LogP) is 2.18. The lowest BCUT2D eigenvalue weighted by Gasteiger charge is -2.11. The molecule has 124 valence electrons. The third-order valence-corrected chi connectivity index (χ3v) is 2.67. The summed E-state index contributed by atoms with van der Waals surface area (Å²) in [6, 6.07) is 0. The Kier molecular flexibility index (Phi) is 9.58. The Morgan fingerprint density at radius 1 is 0.864 bits per heavy atom. The van der Waals surface area contributed by atoms with Gasteiger partial charge in [-0.25, -0.2) is 9.59 Å². The SMILES string of the molecule is C=C(C)C(=O)OCCCC(C)C(=O)OCCOC(=O)C(=C)C. The van der Waals surface area contributed by atoms with Crippen molar-refractivity contribution in [3.63, 3.8) is 0 Å². The maximum atomic E-state index is 11.7.